The molecule has 1 atom stereocenters. The number of thiophene rings is 1. The summed E-state index contributed by atoms with van der Waals surface area (Å²) in [7, 11) is -3.66. The lowest BCUT2D eigenvalue weighted by atomic mass is 10.0. The van der Waals surface area contributed by atoms with E-state index in [0.29, 0.717) is 18.8 Å². The van der Waals surface area contributed by atoms with Crippen molar-refractivity contribution >= 4 is 33.1 Å². The highest BCUT2D eigenvalue weighted by Crippen LogP contribution is 2.30. The first-order chi connectivity index (χ1) is 12.6. The minimum absolute atomic E-state index is 0.278. The Hall–Kier alpha value is -1.84. The average Bonchev–Trinajstić information content (AvgIpc) is 3.34. The van der Waals surface area contributed by atoms with Crippen molar-refractivity contribution < 1.29 is 13.2 Å². The van der Waals surface area contributed by atoms with Gasteiger partial charge in [0.2, 0.25) is 5.91 Å². The molecule has 3 heterocycles. The van der Waals surface area contributed by atoms with Gasteiger partial charge in [0.05, 0.1) is 0 Å². The van der Waals surface area contributed by atoms with E-state index in [1.165, 1.54) is 22.0 Å². The van der Waals surface area contributed by atoms with Gasteiger partial charge >= 0.3 is 0 Å². The van der Waals surface area contributed by atoms with Gasteiger partial charge in [-0.25, -0.2) is 18.4 Å². The maximum absolute atomic E-state index is 12.9. The van der Waals surface area contributed by atoms with Crippen LogP contribution in [0.25, 0.3) is 0 Å². The number of aryl methyl sites for hydroxylation is 1. The predicted octanol–water partition coefficient (Wildman–Crippen LogP) is 2.21. The molecule has 4 rings (SSSR count). The van der Waals surface area contributed by atoms with E-state index in [-0.39, 0.29) is 10.1 Å². The molecule has 1 aliphatic heterocycles. The van der Waals surface area contributed by atoms with Crippen LogP contribution in [0, 0.1) is 0 Å². The first-order valence-electron chi connectivity index (χ1n) is 8.76. The van der Waals surface area contributed by atoms with Gasteiger partial charge in [0.1, 0.15) is 22.4 Å². The van der Waals surface area contributed by atoms with E-state index in [0.717, 1.165) is 43.4 Å². The number of rotatable bonds is 4. The summed E-state index contributed by atoms with van der Waals surface area (Å²) in [5.74, 6) is 0.217. The van der Waals surface area contributed by atoms with Gasteiger partial charge < -0.3 is 5.32 Å². The number of hydrogen-bond donors (Lipinski definition) is 1. The fraction of sp³-hybridized carbons (Fsp3) is 0.471. The third-order valence-corrected chi connectivity index (χ3v) is 8.21. The van der Waals surface area contributed by atoms with Crippen molar-refractivity contribution in [1.29, 1.82) is 0 Å². The molecule has 0 spiro atoms. The van der Waals surface area contributed by atoms with Gasteiger partial charge in [0.15, 0.2) is 0 Å². The van der Waals surface area contributed by atoms with Crippen molar-refractivity contribution in [3.8, 4) is 0 Å². The van der Waals surface area contributed by atoms with Gasteiger partial charge in [-0.15, -0.1) is 11.3 Å². The summed E-state index contributed by atoms with van der Waals surface area (Å²) in [5.41, 5.74) is 1.95. The monoisotopic (exact) mass is 392 g/mol. The van der Waals surface area contributed by atoms with Crippen LogP contribution in [0.3, 0.4) is 0 Å². The van der Waals surface area contributed by atoms with Gasteiger partial charge in [0.25, 0.3) is 10.0 Å². The van der Waals surface area contributed by atoms with Gasteiger partial charge in [0, 0.05) is 17.8 Å². The van der Waals surface area contributed by atoms with E-state index >= 15 is 0 Å². The topological polar surface area (TPSA) is 92.3 Å². The van der Waals surface area contributed by atoms with Crippen LogP contribution in [0.2, 0.25) is 0 Å². The number of anilines is 1. The summed E-state index contributed by atoms with van der Waals surface area (Å²) in [6.45, 7) is 0.361. The highest BCUT2D eigenvalue weighted by atomic mass is 32.2. The maximum Gasteiger partial charge on any atom is 0.253 e. The second-order valence-corrected chi connectivity index (χ2v) is 9.61. The standard InChI is InChI=1S/C17H20N4O3S2/c22-17(20-16-12-5-3-6-13(12)18-11-19-16)14-7-1-2-9-21(14)26(23,24)15-8-4-10-25-15/h4,8,10-11,14H,1-3,5-7,9H2,(H,18,19,20,22). The van der Waals surface area contributed by atoms with Crippen molar-refractivity contribution in [1.82, 2.24) is 14.3 Å². The average molecular weight is 393 g/mol. The van der Waals surface area contributed by atoms with E-state index < -0.39 is 16.1 Å². The number of carbonyl (C=O) groups is 1. The Morgan fingerprint density at radius 1 is 1.23 bits per heavy atom. The zero-order valence-electron chi connectivity index (χ0n) is 14.2. The number of amides is 1. The second-order valence-electron chi connectivity index (χ2n) is 6.55. The summed E-state index contributed by atoms with van der Waals surface area (Å²) in [6.07, 6.45) is 6.30. The number of carbonyl (C=O) groups excluding carboxylic acids is 1. The fourth-order valence-electron chi connectivity index (χ4n) is 3.65. The number of aromatic nitrogens is 2. The molecule has 0 radical (unpaired) electrons. The van der Waals surface area contributed by atoms with Crippen LogP contribution in [-0.4, -0.2) is 41.2 Å². The second kappa shape index (κ2) is 7.05. The number of hydrogen-bond acceptors (Lipinski definition) is 6. The zero-order valence-corrected chi connectivity index (χ0v) is 15.9. The first kappa shape index (κ1) is 17.6. The summed E-state index contributed by atoms with van der Waals surface area (Å²) >= 11 is 1.18. The minimum Gasteiger partial charge on any atom is -0.309 e. The van der Waals surface area contributed by atoms with Crippen LogP contribution in [0.15, 0.2) is 28.0 Å². The van der Waals surface area contributed by atoms with Crippen molar-refractivity contribution in [3.63, 3.8) is 0 Å². The zero-order chi connectivity index (χ0) is 18.1. The Kier molecular flexibility index (Phi) is 4.76. The van der Waals surface area contributed by atoms with Crippen LogP contribution in [0.5, 0.6) is 0 Å². The molecular formula is C17H20N4O3S2. The molecule has 2 aliphatic rings. The Balaban J connectivity index is 1.59. The first-order valence-corrected chi connectivity index (χ1v) is 11.1. The molecule has 138 valence electrons. The lowest BCUT2D eigenvalue weighted by Gasteiger charge is -2.33. The lowest BCUT2D eigenvalue weighted by molar-refractivity contribution is -0.120. The van der Waals surface area contributed by atoms with E-state index in [9.17, 15) is 13.2 Å². The predicted molar refractivity (Wildman–Crippen MR) is 98.5 cm³/mol. The van der Waals surface area contributed by atoms with Gasteiger partial charge in [-0.3, -0.25) is 4.79 Å². The molecule has 1 N–H and O–H groups in total. The molecule has 1 aliphatic carbocycles. The Morgan fingerprint density at radius 2 is 2.12 bits per heavy atom. The maximum atomic E-state index is 12.9. The number of nitrogens with one attached hydrogen (secondary N) is 1. The Bertz CT molecular complexity index is 912. The summed E-state index contributed by atoms with van der Waals surface area (Å²) < 4.78 is 27.5. The molecule has 1 saturated heterocycles. The van der Waals surface area contributed by atoms with Gasteiger partial charge in [-0.05, 0) is 43.6 Å². The minimum atomic E-state index is -3.66. The molecule has 9 heteroatoms. The quantitative estimate of drug-likeness (QED) is 0.861. The normalized spacial score (nSPS) is 20.7. The Morgan fingerprint density at radius 3 is 2.92 bits per heavy atom. The summed E-state index contributed by atoms with van der Waals surface area (Å²) in [4.78, 5) is 21.4. The van der Waals surface area contributed by atoms with Crippen molar-refractivity contribution in [3.05, 3.63) is 35.1 Å². The molecule has 1 unspecified atom stereocenters. The third kappa shape index (κ3) is 3.15. The summed E-state index contributed by atoms with van der Waals surface area (Å²) in [5, 5.41) is 4.60. The van der Waals surface area contributed by atoms with Crippen LogP contribution < -0.4 is 5.32 Å². The number of sulfonamides is 1. The van der Waals surface area contributed by atoms with Crippen LogP contribution >= 0.6 is 11.3 Å². The van der Waals surface area contributed by atoms with Crippen molar-refractivity contribution in [2.24, 2.45) is 0 Å². The number of nitrogens with zero attached hydrogens (tertiary/aromatic N) is 3. The fourth-order valence-corrected chi connectivity index (χ4v) is 6.42. The van der Waals surface area contributed by atoms with E-state index in [1.54, 1.807) is 17.5 Å². The Labute approximate surface area is 156 Å². The number of fused-ring (bicyclic) bond motifs is 1. The molecule has 2 aromatic rings. The largest absolute Gasteiger partial charge is 0.309 e. The van der Waals surface area contributed by atoms with E-state index in [4.69, 9.17) is 0 Å². The molecule has 1 fully saturated rings. The third-order valence-electron chi connectivity index (χ3n) is 4.93. The smallest absolute Gasteiger partial charge is 0.253 e. The van der Waals surface area contributed by atoms with E-state index in [2.05, 4.69) is 15.3 Å². The highest BCUT2D eigenvalue weighted by molar-refractivity contribution is 7.91. The molecule has 26 heavy (non-hydrogen) atoms. The number of piperidine rings is 1. The van der Waals surface area contributed by atoms with Crippen LogP contribution in [-0.2, 0) is 27.7 Å². The molecule has 2 aromatic heterocycles. The van der Waals surface area contributed by atoms with Gasteiger partial charge in [-0.1, -0.05) is 12.5 Å². The van der Waals surface area contributed by atoms with Crippen LogP contribution in [0.4, 0.5) is 5.82 Å². The molecule has 0 aromatic carbocycles. The molecule has 0 saturated carbocycles. The highest BCUT2D eigenvalue weighted by Gasteiger charge is 2.38. The van der Waals surface area contributed by atoms with Crippen LogP contribution in [0.1, 0.15) is 36.9 Å². The molecule has 1 amide bonds. The lowest BCUT2D eigenvalue weighted by Crippen LogP contribution is -2.49. The molecule has 0 bridgehead atoms. The summed E-state index contributed by atoms with van der Waals surface area (Å²) in [6, 6.07) is 2.59. The SMILES string of the molecule is O=C(Nc1ncnc2c1CCC2)C1CCCCN1S(=O)(=O)c1cccs1. The van der Waals surface area contributed by atoms with Gasteiger partial charge in [-0.2, -0.15) is 4.31 Å². The van der Waals surface area contributed by atoms with Crippen molar-refractivity contribution in [2.75, 3.05) is 11.9 Å². The molecule has 7 nitrogen and oxygen atoms in total. The molecular weight excluding hydrogens is 372 g/mol. The van der Waals surface area contributed by atoms with Crippen molar-refractivity contribution in [2.45, 2.75) is 48.8 Å². The van der Waals surface area contributed by atoms with E-state index in [1.807, 2.05) is 0 Å².